The Kier molecular flexibility index (Phi) is 4.55. The van der Waals surface area contributed by atoms with Gasteiger partial charge in [0.2, 0.25) is 0 Å². The molecule has 0 amide bonds. The zero-order chi connectivity index (χ0) is 13.0. The Balaban J connectivity index is 1.85. The maximum Gasteiger partial charge on any atom is 0.104 e. The van der Waals surface area contributed by atoms with E-state index in [2.05, 4.69) is 16.3 Å². The van der Waals surface area contributed by atoms with Crippen molar-refractivity contribution in [2.45, 2.75) is 19.8 Å². The molecule has 0 radical (unpaired) electrons. The van der Waals surface area contributed by atoms with Crippen molar-refractivity contribution in [3.63, 3.8) is 0 Å². The van der Waals surface area contributed by atoms with Gasteiger partial charge in [0.25, 0.3) is 0 Å². The van der Waals surface area contributed by atoms with Crippen LogP contribution in [0.15, 0.2) is 18.2 Å². The molecule has 2 rings (SSSR count). The maximum absolute atomic E-state index is 5.65. The predicted octanol–water partition coefficient (Wildman–Crippen LogP) is 2.14. The van der Waals surface area contributed by atoms with Gasteiger partial charge in [-0.05, 0) is 56.6 Å². The highest BCUT2D eigenvalue weighted by Gasteiger charge is 2.10. The normalized spacial score (nSPS) is 15.8. The van der Waals surface area contributed by atoms with E-state index in [0.717, 1.165) is 29.9 Å². The Morgan fingerprint density at radius 3 is 2.72 bits per heavy atom. The topological polar surface area (TPSA) is 41.3 Å². The van der Waals surface area contributed by atoms with Gasteiger partial charge in [0.1, 0.15) is 4.99 Å². The molecule has 0 unspecified atom stereocenters. The van der Waals surface area contributed by atoms with Crippen LogP contribution in [0.2, 0.25) is 0 Å². The number of benzene rings is 1. The van der Waals surface area contributed by atoms with Gasteiger partial charge in [-0.25, -0.2) is 0 Å². The Morgan fingerprint density at radius 1 is 1.39 bits per heavy atom. The summed E-state index contributed by atoms with van der Waals surface area (Å²) in [7, 11) is 0. The van der Waals surface area contributed by atoms with E-state index in [9.17, 15) is 0 Å². The highest BCUT2D eigenvalue weighted by molar-refractivity contribution is 7.80. The number of nitrogens with two attached hydrogens (primary N) is 1. The summed E-state index contributed by atoms with van der Waals surface area (Å²) in [5, 5.41) is 3.45. The molecule has 1 aromatic rings. The van der Waals surface area contributed by atoms with E-state index in [0.29, 0.717) is 4.99 Å². The molecule has 0 atom stereocenters. The van der Waals surface area contributed by atoms with Gasteiger partial charge in [0.05, 0.1) is 0 Å². The second-order valence-corrected chi connectivity index (χ2v) is 5.31. The third-order valence-corrected chi connectivity index (χ3v) is 3.67. The third kappa shape index (κ3) is 3.43. The number of hydrogen-bond donors (Lipinski definition) is 2. The van der Waals surface area contributed by atoms with Crippen LogP contribution in [0.4, 0.5) is 5.69 Å². The SMILES string of the molecule is Cc1cc(NCCN2CCCC2)ccc1C(N)=S. The summed E-state index contributed by atoms with van der Waals surface area (Å²) in [5.41, 5.74) is 8.90. The molecular formula is C14H21N3S. The molecule has 98 valence electrons. The van der Waals surface area contributed by atoms with Crippen LogP contribution in [-0.2, 0) is 0 Å². The van der Waals surface area contributed by atoms with E-state index < -0.39 is 0 Å². The molecule has 18 heavy (non-hydrogen) atoms. The minimum atomic E-state index is 0.469. The lowest BCUT2D eigenvalue weighted by Crippen LogP contribution is -2.26. The van der Waals surface area contributed by atoms with Gasteiger partial charge in [-0.15, -0.1) is 0 Å². The number of nitrogens with one attached hydrogen (secondary N) is 1. The lowest BCUT2D eigenvalue weighted by atomic mass is 10.1. The van der Waals surface area contributed by atoms with Gasteiger partial charge in [0.15, 0.2) is 0 Å². The van der Waals surface area contributed by atoms with Crippen molar-refractivity contribution in [1.29, 1.82) is 0 Å². The summed E-state index contributed by atoms with van der Waals surface area (Å²) in [5.74, 6) is 0. The Bertz CT molecular complexity index is 425. The van der Waals surface area contributed by atoms with Crippen LogP contribution in [0.25, 0.3) is 0 Å². The Labute approximate surface area is 114 Å². The first-order chi connectivity index (χ1) is 8.66. The molecule has 3 nitrogen and oxygen atoms in total. The van der Waals surface area contributed by atoms with Gasteiger partial charge in [-0.1, -0.05) is 12.2 Å². The molecule has 0 aliphatic carbocycles. The fourth-order valence-corrected chi connectivity index (χ4v) is 2.64. The van der Waals surface area contributed by atoms with Crippen molar-refractivity contribution in [1.82, 2.24) is 4.90 Å². The maximum atomic E-state index is 5.65. The zero-order valence-corrected chi connectivity index (χ0v) is 11.7. The van der Waals surface area contributed by atoms with Crippen molar-refractivity contribution in [2.24, 2.45) is 5.73 Å². The van der Waals surface area contributed by atoms with Crippen molar-refractivity contribution < 1.29 is 0 Å². The fourth-order valence-electron chi connectivity index (χ4n) is 2.41. The fraction of sp³-hybridized carbons (Fsp3) is 0.500. The largest absolute Gasteiger partial charge is 0.389 e. The molecule has 0 spiro atoms. The summed E-state index contributed by atoms with van der Waals surface area (Å²) in [6, 6.07) is 6.15. The third-order valence-electron chi connectivity index (χ3n) is 3.45. The lowest BCUT2D eigenvalue weighted by molar-refractivity contribution is 0.352. The lowest BCUT2D eigenvalue weighted by Gasteiger charge is -2.16. The summed E-state index contributed by atoms with van der Waals surface area (Å²) in [6.07, 6.45) is 2.70. The van der Waals surface area contributed by atoms with E-state index in [1.165, 1.54) is 25.9 Å². The van der Waals surface area contributed by atoms with Gasteiger partial charge in [-0.3, -0.25) is 0 Å². The predicted molar refractivity (Wildman–Crippen MR) is 81.2 cm³/mol. The zero-order valence-electron chi connectivity index (χ0n) is 10.9. The molecule has 0 saturated carbocycles. The van der Waals surface area contributed by atoms with Gasteiger partial charge < -0.3 is 16.0 Å². The van der Waals surface area contributed by atoms with Gasteiger partial charge in [-0.2, -0.15) is 0 Å². The minimum absolute atomic E-state index is 0.469. The summed E-state index contributed by atoms with van der Waals surface area (Å²) in [4.78, 5) is 2.97. The second-order valence-electron chi connectivity index (χ2n) is 4.87. The summed E-state index contributed by atoms with van der Waals surface area (Å²) < 4.78 is 0. The van der Waals surface area contributed by atoms with Crippen LogP contribution in [0.5, 0.6) is 0 Å². The molecular weight excluding hydrogens is 242 g/mol. The minimum Gasteiger partial charge on any atom is -0.389 e. The highest BCUT2D eigenvalue weighted by atomic mass is 32.1. The van der Waals surface area contributed by atoms with Crippen molar-refractivity contribution in [2.75, 3.05) is 31.5 Å². The Hall–Kier alpha value is -1.13. The number of hydrogen-bond acceptors (Lipinski definition) is 3. The molecule has 1 fully saturated rings. The van der Waals surface area contributed by atoms with E-state index in [4.69, 9.17) is 18.0 Å². The van der Waals surface area contributed by atoms with Crippen LogP contribution < -0.4 is 11.1 Å². The average Bonchev–Trinajstić information content (AvgIpc) is 2.81. The smallest absolute Gasteiger partial charge is 0.104 e. The number of anilines is 1. The first-order valence-corrected chi connectivity index (χ1v) is 6.94. The quantitative estimate of drug-likeness (QED) is 0.799. The Morgan fingerprint density at radius 2 is 2.11 bits per heavy atom. The summed E-state index contributed by atoms with van der Waals surface area (Å²) >= 11 is 5.00. The second kappa shape index (κ2) is 6.16. The molecule has 1 aliphatic rings. The van der Waals surface area contributed by atoms with Crippen LogP contribution >= 0.6 is 12.2 Å². The van der Waals surface area contributed by atoms with E-state index in [-0.39, 0.29) is 0 Å². The highest BCUT2D eigenvalue weighted by Crippen LogP contribution is 2.15. The molecule has 1 saturated heterocycles. The standard InChI is InChI=1S/C14H21N3S/c1-11-10-12(4-5-13(11)14(15)18)16-6-9-17-7-2-3-8-17/h4-5,10,16H,2-3,6-9H2,1H3,(H2,15,18). The van der Waals surface area contributed by atoms with E-state index in [1.54, 1.807) is 0 Å². The molecule has 0 aromatic heterocycles. The molecule has 1 aromatic carbocycles. The molecule has 0 bridgehead atoms. The van der Waals surface area contributed by atoms with Crippen LogP contribution in [0.1, 0.15) is 24.0 Å². The van der Waals surface area contributed by atoms with Crippen molar-refractivity contribution in [3.8, 4) is 0 Å². The first kappa shape index (κ1) is 13.3. The summed E-state index contributed by atoms with van der Waals surface area (Å²) in [6.45, 7) is 6.66. The van der Waals surface area contributed by atoms with Crippen LogP contribution in [-0.4, -0.2) is 36.1 Å². The van der Waals surface area contributed by atoms with Crippen LogP contribution in [0, 0.1) is 6.92 Å². The van der Waals surface area contributed by atoms with E-state index >= 15 is 0 Å². The van der Waals surface area contributed by atoms with E-state index in [1.807, 2.05) is 19.1 Å². The van der Waals surface area contributed by atoms with Crippen molar-refractivity contribution >= 4 is 22.9 Å². The number of rotatable bonds is 5. The van der Waals surface area contributed by atoms with Crippen molar-refractivity contribution in [3.05, 3.63) is 29.3 Å². The van der Waals surface area contributed by atoms with Gasteiger partial charge in [0, 0.05) is 24.3 Å². The molecule has 1 heterocycles. The molecule has 3 N–H and O–H groups in total. The average molecular weight is 263 g/mol. The number of thiocarbonyl (C=S) groups is 1. The number of nitrogens with zero attached hydrogens (tertiary/aromatic N) is 1. The number of likely N-dealkylation sites (tertiary alicyclic amines) is 1. The molecule has 1 aliphatic heterocycles. The van der Waals surface area contributed by atoms with Crippen LogP contribution in [0.3, 0.4) is 0 Å². The van der Waals surface area contributed by atoms with Gasteiger partial charge >= 0.3 is 0 Å². The first-order valence-electron chi connectivity index (χ1n) is 6.53. The number of aryl methyl sites for hydroxylation is 1. The monoisotopic (exact) mass is 263 g/mol. The molecule has 4 heteroatoms.